The number of carbonyl (C=O) groups is 1. The van der Waals surface area contributed by atoms with Crippen LogP contribution < -0.4 is 15.8 Å². The number of rotatable bonds is 5. The lowest BCUT2D eigenvalue weighted by Crippen LogP contribution is -2.39. The van der Waals surface area contributed by atoms with Crippen molar-refractivity contribution >= 4 is 11.6 Å². The van der Waals surface area contributed by atoms with Crippen LogP contribution in [0.2, 0.25) is 0 Å². The summed E-state index contributed by atoms with van der Waals surface area (Å²) in [5, 5.41) is 2.79. The number of nitrogen functional groups attached to an aromatic ring is 1. The highest BCUT2D eigenvalue weighted by Crippen LogP contribution is 2.21. The molecule has 4 nitrogen and oxygen atoms in total. The quantitative estimate of drug-likeness (QED) is 0.789. The van der Waals surface area contributed by atoms with Gasteiger partial charge in [-0.25, -0.2) is 4.39 Å². The SMILES string of the molecule is CC(C)C(C)NC(=O)COc1cc(F)ccc1N. The molecule has 1 amide bonds. The monoisotopic (exact) mass is 254 g/mol. The van der Waals surface area contributed by atoms with E-state index in [2.05, 4.69) is 5.32 Å². The Morgan fingerprint density at radius 3 is 2.72 bits per heavy atom. The van der Waals surface area contributed by atoms with Gasteiger partial charge in [0.15, 0.2) is 6.61 Å². The lowest BCUT2D eigenvalue weighted by Gasteiger charge is -2.17. The lowest BCUT2D eigenvalue weighted by molar-refractivity contribution is -0.123. The smallest absolute Gasteiger partial charge is 0.258 e. The van der Waals surface area contributed by atoms with Crippen LogP contribution in [-0.4, -0.2) is 18.6 Å². The number of halogens is 1. The molecule has 0 aromatic heterocycles. The third-order valence-electron chi connectivity index (χ3n) is 2.72. The van der Waals surface area contributed by atoms with Crippen LogP contribution >= 0.6 is 0 Å². The van der Waals surface area contributed by atoms with Gasteiger partial charge in [0.05, 0.1) is 5.69 Å². The Balaban J connectivity index is 2.50. The molecule has 1 aromatic carbocycles. The Labute approximate surface area is 106 Å². The number of benzene rings is 1. The van der Waals surface area contributed by atoms with Crippen LogP contribution in [-0.2, 0) is 4.79 Å². The number of ether oxygens (including phenoxy) is 1. The fourth-order valence-corrected chi connectivity index (χ4v) is 1.24. The summed E-state index contributed by atoms with van der Waals surface area (Å²) in [4.78, 5) is 11.6. The van der Waals surface area contributed by atoms with Gasteiger partial charge in [0.25, 0.3) is 5.91 Å². The van der Waals surface area contributed by atoms with E-state index < -0.39 is 5.82 Å². The van der Waals surface area contributed by atoms with Crippen LogP contribution in [0.4, 0.5) is 10.1 Å². The summed E-state index contributed by atoms with van der Waals surface area (Å²) < 4.78 is 18.1. The fraction of sp³-hybridized carbons (Fsp3) is 0.462. The van der Waals surface area contributed by atoms with E-state index in [9.17, 15) is 9.18 Å². The number of anilines is 1. The van der Waals surface area contributed by atoms with Crippen LogP contribution in [0.15, 0.2) is 18.2 Å². The number of amides is 1. The second kappa shape index (κ2) is 6.23. The summed E-state index contributed by atoms with van der Waals surface area (Å²) in [6.45, 7) is 5.76. The van der Waals surface area contributed by atoms with E-state index in [1.54, 1.807) is 0 Å². The van der Waals surface area contributed by atoms with Crippen molar-refractivity contribution in [3.8, 4) is 5.75 Å². The summed E-state index contributed by atoms with van der Waals surface area (Å²) >= 11 is 0. The number of nitrogens with one attached hydrogen (secondary N) is 1. The molecule has 1 atom stereocenters. The standard InChI is InChI=1S/C13H19FN2O2/c1-8(2)9(3)16-13(17)7-18-12-6-10(14)4-5-11(12)15/h4-6,8-9H,7,15H2,1-3H3,(H,16,17). The van der Waals surface area contributed by atoms with Crippen molar-refractivity contribution < 1.29 is 13.9 Å². The van der Waals surface area contributed by atoms with Crippen LogP contribution in [0, 0.1) is 11.7 Å². The van der Waals surface area contributed by atoms with Gasteiger partial charge in [-0.15, -0.1) is 0 Å². The van der Waals surface area contributed by atoms with Gasteiger partial charge in [-0.05, 0) is 25.0 Å². The molecule has 0 heterocycles. The summed E-state index contributed by atoms with van der Waals surface area (Å²) in [6.07, 6.45) is 0. The van der Waals surface area contributed by atoms with Gasteiger partial charge < -0.3 is 15.8 Å². The number of carbonyl (C=O) groups excluding carboxylic acids is 1. The Morgan fingerprint density at radius 1 is 1.44 bits per heavy atom. The molecule has 0 saturated heterocycles. The maximum absolute atomic E-state index is 13.0. The molecule has 3 N–H and O–H groups in total. The van der Waals surface area contributed by atoms with E-state index in [0.29, 0.717) is 11.6 Å². The highest BCUT2D eigenvalue weighted by Gasteiger charge is 2.12. The molecule has 1 aromatic rings. The van der Waals surface area contributed by atoms with E-state index in [1.165, 1.54) is 12.1 Å². The minimum Gasteiger partial charge on any atom is -0.482 e. The minimum absolute atomic E-state index is 0.0611. The molecule has 5 heteroatoms. The molecule has 0 fully saturated rings. The first-order valence-electron chi connectivity index (χ1n) is 5.87. The van der Waals surface area contributed by atoms with Crippen LogP contribution in [0.3, 0.4) is 0 Å². The van der Waals surface area contributed by atoms with Crippen molar-refractivity contribution in [3.05, 3.63) is 24.0 Å². The summed E-state index contributed by atoms with van der Waals surface area (Å²) in [5.41, 5.74) is 5.91. The highest BCUT2D eigenvalue weighted by atomic mass is 19.1. The summed E-state index contributed by atoms with van der Waals surface area (Å²) in [7, 11) is 0. The predicted molar refractivity (Wildman–Crippen MR) is 68.8 cm³/mol. The average Bonchev–Trinajstić information content (AvgIpc) is 2.30. The zero-order valence-corrected chi connectivity index (χ0v) is 10.9. The Kier molecular flexibility index (Phi) is 4.95. The topological polar surface area (TPSA) is 64.3 Å². The van der Waals surface area contributed by atoms with E-state index in [1.807, 2.05) is 20.8 Å². The van der Waals surface area contributed by atoms with Crippen molar-refractivity contribution in [3.63, 3.8) is 0 Å². The molecule has 0 radical (unpaired) electrons. The van der Waals surface area contributed by atoms with Crippen molar-refractivity contribution in [2.45, 2.75) is 26.8 Å². The maximum atomic E-state index is 13.0. The van der Waals surface area contributed by atoms with Gasteiger partial charge in [0.2, 0.25) is 0 Å². The first kappa shape index (κ1) is 14.3. The second-order valence-corrected chi connectivity index (χ2v) is 4.57. The number of hydrogen-bond donors (Lipinski definition) is 2. The van der Waals surface area contributed by atoms with E-state index in [0.717, 1.165) is 6.07 Å². The van der Waals surface area contributed by atoms with E-state index >= 15 is 0 Å². The normalized spacial score (nSPS) is 12.3. The molecule has 1 unspecified atom stereocenters. The zero-order chi connectivity index (χ0) is 13.7. The molecule has 0 spiro atoms. The largest absolute Gasteiger partial charge is 0.482 e. The maximum Gasteiger partial charge on any atom is 0.258 e. The third kappa shape index (κ3) is 4.24. The molecular formula is C13H19FN2O2. The molecule has 0 aliphatic rings. The van der Waals surface area contributed by atoms with Gasteiger partial charge in [0, 0.05) is 12.1 Å². The molecule has 0 saturated carbocycles. The first-order valence-corrected chi connectivity index (χ1v) is 5.87. The zero-order valence-electron chi connectivity index (χ0n) is 10.9. The number of hydrogen-bond acceptors (Lipinski definition) is 3. The average molecular weight is 254 g/mol. The van der Waals surface area contributed by atoms with Crippen LogP contribution in [0.1, 0.15) is 20.8 Å². The van der Waals surface area contributed by atoms with Crippen molar-refractivity contribution in [2.75, 3.05) is 12.3 Å². The van der Waals surface area contributed by atoms with Gasteiger partial charge in [-0.1, -0.05) is 13.8 Å². The van der Waals surface area contributed by atoms with E-state index in [4.69, 9.17) is 10.5 Å². The van der Waals surface area contributed by atoms with E-state index in [-0.39, 0.29) is 24.3 Å². The Morgan fingerprint density at radius 2 is 2.11 bits per heavy atom. The third-order valence-corrected chi connectivity index (χ3v) is 2.72. The summed E-state index contributed by atoms with van der Waals surface area (Å²) in [6, 6.07) is 3.86. The highest BCUT2D eigenvalue weighted by molar-refractivity contribution is 5.78. The van der Waals surface area contributed by atoms with Gasteiger partial charge in [-0.2, -0.15) is 0 Å². The van der Waals surface area contributed by atoms with Gasteiger partial charge >= 0.3 is 0 Å². The van der Waals surface area contributed by atoms with Crippen LogP contribution in [0.5, 0.6) is 5.75 Å². The predicted octanol–water partition coefficient (Wildman–Crippen LogP) is 1.95. The van der Waals surface area contributed by atoms with Crippen LogP contribution in [0.25, 0.3) is 0 Å². The molecule has 0 aliphatic heterocycles. The fourth-order valence-electron chi connectivity index (χ4n) is 1.24. The minimum atomic E-state index is -0.449. The lowest BCUT2D eigenvalue weighted by atomic mass is 10.1. The van der Waals surface area contributed by atoms with Gasteiger partial charge in [-0.3, -0.25) is 4.79 Å². The Hall–Kier alpha value is -1.78. The van der Waals surface area contributed by atoms with Gasteiger partial charge in [0.1, 0.15) is 11.6 Å². The first-order chi connectivity index (χ1) is 8.40. The molecular weight excluding hydrogens is 235 g/mol. The molecule has 1 rings (SSSR count). The molecule has 100 valence electrons. The number of nitrogens with two attached hydrogens (primary N) is 1. The molecule has 18 heavy (non-hydrogen) atoms. The van der Waals surface area contributed by atoms with Crippen molar-refractivity contribution in [1.82, 2.24) is 5.32 Å². The molecule has 0 aliphatic carbocycles. The molecule has 0 bridgehead atoms. The van der Waals surface area contributed by atoms with Crippen molar-refractivity contribution in [1.29, 1.82) is 0 Å². The summed E-state index contributed by atoms with van der Waals surface area (Å²) in [5.74, 6) is -0.175. The van der Waals surface area contributed by atoms with Crippen molar-refractivity contribution in [2.24, 2.45) is 5.92 Å². The Bertz CT molecular complexity index is 421. The second-order valence-electron chi connectivity index (χ2n) is 4.57.